The SMILES string of the molecule is CN1CCN(CC2CCC(C(=O)Nc3cc4cc(-c5cncs5)ccc4cn3)CC2)CC1. The minimum absolute atomic E-state index is 0.0970. The predicted octanol–water partition coefficient (Wildman–Crippen LogP) is 4.35. The van der Waals surface area contributed by atoms with Crippen molar-refractivity contribution >= 4 is 33.8 Å². The molecular weight excluding hydrogens is 418 g/mol. The molecule has 1 aliphatic carbocycles. The molecule has 1 saturated carbocycles. The Kier molecular flexibility index (Phi) is 6.48. The largest absolute Gasteiger partial charge is 0.310 e. The van der Waals surface area contributed by atoms with Crippen molar-refractivity contribution in [3.05, 3.63) is 42.2 Å². The molecule has 0 radical (unpaired) electrons. The van der Waals surface area contributed by atoms with Crippen LogP contribution < -0.4 is 5.32 Å². The van der Waals surface area contributed by atoms with E-state index in [4.69, 9.17) is 0 Å². The number of hydrogen-bond acceptors (Lipinski definition) is 6. The molecule has 2 aromatic heterocycles. The van der Waals surface area contributed by atoms with Gasteiger partial charge in [0, 0.05) is 56.4 Å². The highest BCUT2D eigenvalue weighted by molar-refractivity contribution is 7.13. The fourth-order valence-corrected chi connectivity index (χ4v) is 5.57. The van der Waals surface area contributed by atoms with Gasteiger partial charge in [0.15, 0.2) is 0 Å². The maximum absolute atomic E-state index is 12.9. The van der Waals surface area contributed by atoms with Crippen LogP contribution in [-0.4, -0.2) is 65.4 Å². The van der Waals surface area contributed by atoms with Crippen molar-refractivity contribution in [1.29, 1.82) is 0 Å². The second-order valence-corrected chi connectivity index (χ2v) is 10.2. The molecule has 1 N–H and O–H groups in total. The molecule has 32 heavy (non-hydrogen) atoms. The summed E-state index contributed by atoms with van der Waals surface area (Å²) in [6, 6.07) is 8.29. The summed E-state index contributed by atoms with van der Waals surface area (Å²) < 4.78 is 0. The molecule has 1 saturated heterocycles. The van der Waals surface area contributed by atoms with E-state index in [-0.39, 0.29) is 11.8 Å². The molecule has 2 aliphatic rings. The summed E-state index contributed by atoms with van der Waals surface area (Å²) >= 11 is 1.63. The number of thiazole rings is 1. The van der Waals surface area contributed by atoms with Gasteiger partial charge in [-0.05, 0) is 61.7 Å². The van der Waals surface area contributed by atoms with Gasteiger partial charge in [-0.3, -0.25) is 9.78 Å². The Bertz CT molecular complexity index is 1050. The van der Waals surface area contributed by atoms with Crippen molar-refractivity contribution in [1.82, 2.24) is 19.8 Å². The van der Waals surface area contributed by atoms with E-state index < -0.39 is 0 Å². The maximum Gasteiger partial charge on any atom is 0.228 e. The number of amides is 1. The number of pyridine rings is 1. The van der Waals surface area contributed by atoms with Gasteiger partial charge in [0.05, 0.1) is 10.4 Å². The number of hydrogen-bond donors (Lipinski definition) is 1. The first-order valence-electron chi connectivity index (χ1n) is 11.6. The predicted molar refractivity (Wildman–Crippen MR) is 131 cm³/mol. The second-order valence-electron chi connectivity index (χ2n) is 9.31. The van der Waals surface area contributed by atoms with E-state index in [1.165, 1.54) is 32.7 Å². The van der Waals surface area contributed by atoms with Crippen LogP contribution in [0.2, 0.25) is 0 Å². The molecule has 168 valence electrons. The normalized spacial score (nSPS) is 22.8. The summed E-state index contributed by atoms with van der Waals surface area (Å²) in [5.41, 5.74) is 2.99. The van der Waals surface area contributed by atoms with Gasteiger partial charge in [0.25, 0.3) is 0 Å². The molecule has 7 heteroatoms. The number of fused-ring (bicyclic) bond motifs is 1. The molecule has 1 aliphatic heterocycles. The van der Waals surface area contributed by atoms with Crippen molar-refractivity contribution in [2.45, 2.75) is 25.7 Å². The fourth-order valence-electron chi connectivity index (χ4n) is 4.95. The first-order chi connectivity index (χ1) is 15.6. The van der Waals surface area contributed by atoms with E-state index in [9.17, 15) is 4.79 Å². The van der Waals surface area contributed by atoms with Crippen LogP contribution >= 0.6 is 11.3 Å². The molecule has 3 heterocycles. The number of nitrogens with zero attached hydrogens (tertiary/aromatic N) is 4. The Morgan fingerprint density at radius 3 is 2.62 bits per heavy atom. The lowest BCUT2D eigenvalue weighted by atomic mass is 9.81. The van der Waals surface area contributed by atoms with E-state index in [2.05, 4.69) is 50.3 Å². The molecule has 2 fully saturated rings. The lowest BCUT2D eigenvalue weighted by Gasteiger charge is -2.36. The average molecular weight is 450 g/mol. The monoisotopic (exact) mass is 449 g/mol. The standard InChI is InChI=1S/C25H31N5OS/c1-29-8-10-30(11-9-29)16-18-2-4-19(5-3-18)25(31)28-24-13-22-12-20(23-15-26-17-32-23)6-7-21(22)14-27-24/h6-7,12-15,17-19H,2-5,8-11,16H2,1H3,(H,27,28,31). The molecule has 6 nitrogen and oxygen atoms in total. The molecular formula is C25H31N5OS. The highest BCUT2D eigenvalue weighted by atomic mass is 32.1. The van der Waals surface area contributed by atoms with E-state index in [0.29, 0.717) is 5.82 Å². The van der Waals surface area contributed by atoms with E-state index in [1.807, 2.05) is 24.0 Å². The van der Waals surface area contributed by atoms with Crippen molar-refractivity contribution < 1.29 is 4.79 Å². The molecule has 0 spiro atoms. The van der Waals surface area contributed by atoms with Gasteiger partial charge in [-0.1, -0.05) is 12.1 Å². The van der Waals surface area contributed by atoms with E-state index >= 15 is 0 Å². The third-order valence-electron chi connectivity index (χ3n) is 7.02. The first kappa shape index (κ1) is 21.5. The van der Waals surface area contributed by atoms with Crippen LogP contribution in [0.3, 0.4) is 0 Å². The number of anilines is 1. The molecule has 0 unspecified atom stereocenters. The van der Waals surface area contributed by atoms with Crippen molar-refractivity contribution in [3.63, 3.8) is 0 Å². The molecule has 1 aromatic carbocycles. The lowest BCUT2D eigenvalue weighted by Crippen LogP contribution is -2.46. The number of carbonyl (C=O) groups excluding carboxylic acids is 1. The summed E-state index contributed by atoms with van der Waals surface area (Å²) in [7, 11) is 2.20. The van der Waals surface area contributed by atoms with Gasteiger partial charge >= 0.3 is 0 Å². The summed E-state index contributed by atoms with van der Waals surface area (Å²) in [6.45, 7) is 5.88. The molecule has 0 bridgehead atoms. The van der Waals surface area contributed by atoms with E-state index in [0.717, 1.165) is 52.8 Å². The van der Waals surface area contributed by atoms with Gasteiger partial charge in [-0.25, -0.2) is 4.98 Å². The van der Waals surface area contributed by atoms with Crippen molar-refractivity contribution in [2.75, 3.05) is 45.1 Å². The van der Waals surface area contributed by atoms with Gasteiger partial charge in [-0.15, -0.1) is 11.3 Å². The number of rotatable bonds is 5. The third-order valence-corrected chi connectivity index (χ3v) is 7.84. The van der Waals surface area contributed by atoms with Gasteiger partial charge in [0.2, 0.25) is 5.91 Å². The van der Waals surface area contributed by atoms with Crippen LogP contribution in [0, 0.1) is 11.8 Å². The quantitative estimate of drug-likeness (QED) is 0.627. The summed E-state index contributed by atoms with van der Waals surface area (Å²) in [5, 5.41) is 5.23. The lowest BCUT2D eigenvalue weighted by molar-refractivity contribution is -0.121. The maximum atomic E-state index is 12.9. The zero-order valence-corrected chi connectivity index (χ0v) is 19.5. The van der Waals surface area contributed by atoms with Crippen LogP contribution in [0.5, 0.6) is 0 Å². The fraction of sp³-hybridized carbons (Fsp3) is 0.480. The Morgan fingerprint density at radius 2 is 1.88 bits per heavy atom. The Balaban J connectivity index is 1.17. The zero-order chi connectivity index (χ0) is 21.9. The number of benzene rings is 1. The second kappa shape index (κ2) is 9.65. The average Bonchev–Trinajstić information content (AvgIpc) is 3.36. The Labute approximate surface area is 193 Å². The van der Waals surface area contributed by atoms with Crippen LogP contribution in [-0.2, 0) is 4.79 Å². The Morgan fingerprint density at radius 1 is 1.06 bits per heavy atom. The highest BCUT2D eigenvalue weighted by Gasteiger charge is 2.28. The molecule has 3 aromatic rings. The van der Waals surface area contributed by atoms with Crippen LogP contribution in [0.25, 0.3) is 21.2 Å². The van der Waals surface area contributed by atoms with Gasteiger partial charge < -0.3 is 15.1 Å². The molecule has 1 amide bonds. The van der Waals surface area contributed by atoms with Crippen LogP contribution in [0.15, 0.2) is 42.2 Å². The number of likely N-dealkylation sites (N-methyl/N-ethyl adjacent to an activating group) is 1. The first-order valence-corrected chi connectivity index (χ1v) is 12.5. The van der Waals surface area contributed by atoms with Crippen molar-refractivity contribution in [2.24, 2.45) is 11.8 Å². The minimum atomic E-state index is 0.0970. The summed E-state index contributed by atoms with van der Waals surface area (Å²) in [5.74, 6) is 1.59. The number of piperazine rings is 1. The minimum Gasteiger partial charge on any atom is -0.310 e. The topological polar surface area (TPSA) is 61.4 Å². The summed E-state index contributed by atoms with van der Waals surface area (Å²) in [6.07, 6.45) is 7.98. The number of aromatic nitrogens is 2. The van der Waals surface area contributed by atoms with Crippen LogP contribution in [0.4, 0.5) is 5.82 Å². The Hall–Kier alpha value is -2.35. The van der Waals surface area contributed by atoms with Gasteiger partial charge in [0.1, 0.15) is 5.82 Å². The van der Waals surface area contributed by atoms with Crippen molar-refractivity contribution in [3.8, 4) is 10.4 Å². The zero-order valence-electron chi connectivity index (χ0n) is 18.7. The van der Waals surface area contributed by atoms with E-state index in [1.54, 1.807) is 11.3 Å². The molecule has 5 rings (SSSR count). The third kappa shape index (κ3) is 5.00. The summed E-state index contributed by atoms with van der Waals surface area (Å²) in [4.78, 5) is 27.7. The highest BCUT2D eigenvalue weighted by Crippen LogP contribution is 2.31. The number of nitrogens with one attached hydrogen (secondary N) is 1. The molecule has 0 atom stereocenters. The number of carbonyl (C=O) groups is 1. The van der Waals surface area contributed by atoms with Crippen LogP contribution in [0.1, 0.15) is 25.7 Å². The van der Waals surface area contributed by atoms with Gasteiger partial charge in [-0.2, -0.15) is 0 Å². The smallest absolute Gasteiger partial charge is 0.228 e.